The third-order valence-electron chi connectivity index (χ3n) is 2.93. The zero-order chi connectivity index (χ0) is 9.14. The van der Waals surface area contributed by atoms with Crippen molar-refractivity contribution >= 4 is 0 Å². The molecule has 0 amide bonds. The minimum atomic E-state index is 0.750. The third-order valence-corrected chi connectivity index (χ3v) is 2.93. The summed E-state index contributed by atoms with van der Waals surface area (Å²) < 4.78 is 0. The molecule has 0 heteroatoms. The number of rotatable bonds is 2. The Labute approximate surface area is 76.4 Å². The van der Waals surface area contributed by atoms with E-state index >= 15 is 0 Å². The van der Waals surface area contributed by atoms with Gasteiger partial charge in [-0.1, -0.05) is 31.1 Å². The molecule has 0 spiro atoms. The van der Waals surface area contributed by atoms with E-state index in [1.165, 1.54) is 19.3 Å². The van der Waals surface area contributed by atoms with Gasteiger partial charge in [0.05, 0.1) is 0 Å². The Bertz CT molecular complexity index is 218. The summed E-state index contributed by atoms with van der Waals surface area (Å²) >= 11 is 0. The van der Waals surface area contributed by atoms with E-state index in [1.54, 1.807) is 16.7 Å². The maximum atomic E-state index is 2.40. The minimum Gasteiger partial charge on any atom is -0.0727 e. The third kappa shape index (κ3) is 2.00. The highest BCUT2D eigenvalue weighted by molar-refractivity contribution is 5.33. The van der Waals surface area contributed by atoms with Gasteiger partial charge in [0.15, 0.2) is 0 Å². The van der Waals surface area contributed by atoms with Crippen molar-refractivity contribution in [2.75, 3.05) is 0 Å². The van der Waals surface area contributed by atoms with Crippen LogP contribution in [0.4, 0.5) is 0 Å². The van der Waals surface area contributed by atoms with Crippen LogP contribution in [-0.2, 0) is 0 Å². The Kier molecular flexibility index (Phi) is 3.13. The molecule has 0 aromatic rings. The second-order valence-corrected chi connectivity index (χ2v) is 4.04. The van der Waals surface area contributed by atoms with Crippen molar-refractivity contribution in [1.29, 1.82) is 0 Å². The highest BCUT2D eigenvalue weighted by Gasteiger charge is 2.11. The number of hydrogen-bond donors (Lipinski definition) is 0. The molecule has 0 saturated heterocycles. The normalized spacial score (nSPS) is 20.8. The fourth-order valence-electron chi connectivity index (χ4n) is 1.77. The van der Waals surface area contributed by atoms with Crippen LogP contribution in [0.3, 0.4) is 0 Å². The molecule has 0 aromatic carbocycles. The van der Waals surface area contributed by atoms with Gasteiger partial charge in [-0.05, 0) is 44.6 Å². The fraction of sp³-hybridized carbons (Fsp3) is 0.667. The maximum Gasteiger partial charge on any atom is -0.0194 e. The average Bonchev–Trinajstić information content (AvgIpc) is 2.08. The van der Waals surface area contributed by atoms with Gasteiger partial charge < -0.3 is 0 Å². The van der Waals surface area contributed by atoms with Crippen molar-refractivity contribution in [2.24, 2.45) is 5.92 Å². The van der Waals surface area contributed by atoms with Gasteiger partial charge in [-0.3, -0.25) is 0 Å². The maximum absolute atomic E-state index is 2.40. The molecule has 0 bridgehead atoms. The van der Waals surface area contributed by atoms with Crippen LogP contribution in [0, 0.1) is 5.92 Å². The second kappa shape index (κ2) is 3.93. The highest BCUT2D eigenvalue weighted by atomic mass is 14.2. The van der Waals surface area contributed by atoms with E-state index in [1.807, 2.05) is 0 Å². The summed E-state index contributed by atoms with van der Waals surface area (Å²) in [5, 5.41) is 0. The van der Waals surface area contributed by atoms with Gasteiger partial charge in [-0.2, -0.15) is 0 Å². The van der Waals surface area contributed by atoms with Crippen molar-refractivity contribution in [2.45, 2.75) is 47.0 Å². The average molecular weight is 164 g/mol. The molecule has 0 N–H and O–H groups in total. The lowest BCUT2D eigenvalue weighted by Gasteiger charge is -2.20. The largest absolute Gasteiger partial charge is 0.0727 e. The molecular weight excluding hydrogens is 144 g/mol. The van der Waals surface area contributed by atoms with Gasteiger partial charge in [0.2, 0.25) is 0 Å². The van der Waals surface area contributed by atoms with E-state index in [0.29, 0.717) is 0 Å². The van der Waals surface area contributed by atoms with Crippen LogP contribution in [0.15, 0.2) is 22.8 Å². The minimum absolute atomic E-state index is 0.750. The van der Waals surface area contributed by atoms with Crippen LogP contribution in [0.5, 0.6) is 0 Å². The molecule has 0 fully saturated rings. The van der Waals surface area contributed by atoms with Crippen LogP contribution in [0.2, 0.25) is 0 Å². The van der Waals surface area contributed by atoms with Gasteiger partial charge in [-0.25, -0.2) is 0 Å². The molecule has 0 aliphatic heterocycles. The monoisotopic (exact) mass is 164 g/mol. The SMILES string of the molecule is CCC(C)C1=C(C)CCC(C)=C1. The lowest BCUT2D eigenvalue weighted by atomic mass is 9.86. The molecule has 68 valence electrons. The first-order valence-electron chi connectivity index (χ1n) is 5.02. The summed E-state index contributed by atoms with van der Waals surface area (Å²) in [6.07, 6.45) is 6.21. The van der Waals surface area contributed by atoms with Crippen LogP contribution < -0.4 is 0 Å². The molecule has 1 atom stereocenters. The van der Waals surface area contributed by atoms with Crippen molar-refractivity contribution in [1.82, 2.24) is 0 Å². The van der Waals surface area contributed by atoms with Crippen molar-refractivity contribution < 1.29 is 0 Å². The molecule has 0 radical (unpaired) electrons. The van der Waals surface area contributed by atoms with Gasteiger partial charge in [-0.15, -0.1) is 0 Å². The zero-order valence-corrected chi connectivity index (χ0v) is 8.78. The summed E-state index contributed by atoms with van der Waals surface area (Å²) in [7, 11) is 0. The summed E-state index contributed by atoms with van der Waals surface area (Å²) in [6.45, 7) is 9.12. The molecule has 0 nitrogen and oxygen atoms in total. The second-order valence-electron chi connectivity index (χ2n) is 4.04. The topological polar surface area (TPSA) is 0 Å². The van der Waals surface area contributed by atoms with Gasteiger partial charge in [0.1, 0.15) is 0 Å². The van der Waals surface area contributed by atoms with Crippen LogP contribution in [-0.4, -0.2) is 0 Å². The van der Waals surface area contributed by atoms with E-state index in [0.717, 1.165) is 5.92 Å². The fourth-order valence-corrected chi connectivity index (χ4v) is 1.77. The molecule has 1 aliphatic rings. The zero-order valence-electron chi connectivity index (χ0n) is 8.78. The quantitative estimate of drug-likeness (QED) is 0.576. The standard InChI is InChI=1S/C12H20/c1-5-10(3)12-8-9(2)6-7-11(12)4/h8,10H,5-7H2,1-4H3. The lowest BCUT2D eigenvalue weighted by molar-refractivity contribution is 0.648. The van der Waals surface area contributed by atoms with Crippen LogP contribution in [0.25, 0.3) is 0 Å². The van der Waals surface area contributed by atoms with E-state index in [4.69, 9.17) is 0 Å². The first-order chi connectivity index (χ1) is 5.65. The molecule has 1 aliphatic carbocycles. The molecule has 0 aromatic heterocycles. The summed E-state index contributed by atoms with van der Waals surface area (Å²) in [5.41, 5.74) is 4.76. The summed E-state index contributed by atoms with van der Waals surface area (Å²) in [5.74, 6) is 0.750. The Balaban J connectivity index is 2.85. The van der Waals surface area contributed by atoms with E-state index < -0.39 is 0 Å². The Morgan fingerprint density at radius 3 is 2.58 bits per heavy atom. The molecule has 1 unspecified atom stereocenters. The molecular formula is C12H20. The van der Waals surface area contributed by atoms with Crippen molar-refractivity contribution in [3.05, 3.63) is 22.8 Å². The molecule has 0 saturated carbocycles. The van der Waals surface area contributed by atoms with E-state index in [-0.39, 0.29) is 0 Å². The van der Waals surface area contributed by atoms with Gasteiger partial charge in [0.25, 0.3) is 0 Å². The summed E-state index contributed by atoms with van der Waals surface area (Å²) in [6, 6.07) is 0. The number of hydrogen-bond acceptors (Lipinski definition) is 0. The lowest BCUT2D eigenvalue weighted by Crippen LogP contribution is -2.03. The number of allylic oxidation sites excluding steroid dienone is 4. The van der Waals surface area contributed by atoms with Crippen molar-refractivity contribution in [3.63, 3.8) is 0 Å². The summed E-state index contributed by atoms with van der Waals surface area (Å²) in [4.78, 5) is 0. The Morgan fingerprint density at radius 1 is 1.33 bits per heavy atom. The van der Waals surface area contributed by atoms with Crippen molar-refractivity contribution in [3.8, 4) is 0 Å². The Morgan fingerprint density at radius 2 is 2.00 bits per heavy atom. The van der Waals surface area contributed by atoms with Crippen LogP contribution in [0.1, 0.15) is 47.0 Å². The van der Waals surface area contributed by atoms with E-state index in [9.17, 15) is 0 Å². The smallest absolute Gasteiger partial charge is 0.0194 e. The Hall–Kier alpha value is -0.520. The molecule has 12 heavy (non-hydrogen) atoms. The van der Waals surface area contributed by atoms with Gasteiger partial charge in [0, 0.05) is 0 Å². The highest BCUT2D eigenvalue weighted by Crippen LogP contribution is 2.29. The molecule has 1 rings (SSSR count). The van der Waals surface area contributed by atoms with Crippen LogP contribution >= 0.6 is 0 Å². The van der Waals surface area contributed by atoms with Gasteiger partial charge >= 0.3 is 0 Å². The predicted octanol–water partition coefficient (Wildman–Crippen LogP) is 4.09. The first kappa shape index (κ1) is 9.57. The molecule has 0 heterocycles. The van der Waals surface area contributed by atoms with E-state index in [2.05, 4.69) is 33.8 Å². The predicted molar refractivity (Wildman–Crippen MR) is 55.1 cm³/mol. The first-order valence-corrected chi connectivity index (χ1v) is 5.02.